The molecule has 27 heavy (non-hydrogen) atoms. The number of hydrogen-bond donors (Lipinski definition) is 3. The minimum absolute atomic E-state index is 0.177. The van der Waals surface area contributed by atoms with Crippen molar-refractivity contribution in [3.05, 3.63) is 48.8 Å². The van der Waals surface area contributed by atoms with Crippen LogP contribution in [0.3, 0.4) is 0 Å². The standard InChI is InChI=1S/C19H18N6O2/c1-11(8-17(20)26)27-14-5-2-12(3-6-14)18-15-9-13(19-21-10-22-25-19)4-7-16(15)23-24-18/h2-7,9-11H,8H2,1H3,(H2,20,26)(H,23,24)(H,21,22,25). The fraction of sp³-hybridized carbons (Fsp3) is 0.158. The van der Waals surface area contributed by atoms with Gasteiger partial charge >= 0.3 is 0 Å². The van der Waals surface area contributed by atoms with Crippen LogP contribution in [0.15, 0.2) is 48.8 Å². The number of nitrogens with two attached hydrogens (primary N) is 1. The largest absolute Gasteiger partial charge is 0.490 e. The van der Waals surface area contributed by atoms with E-state index in [2.05, 4.69) is 25.4 Å². The highest BCUT2D eigenvalue weighted by Crippen LogP contribution is 2.30. The van der Waals surface area contributed by atoms with Gasteiger partial charge in [0, 0.05) is 16.5 Å². The molecular formula is C19H18N6O2. The first-order valence-corrected chi connectivity index (χ1v) is 8.49. The SMILES string of the molecule is CC(CC(N)=O)Oc1ccc(-c2n[nH]c3ccc(-c4ncn[nH]4)cc23)cc1. The van der Waals surface area contributed by atoms with Crippen LogP contribution in [-0.4, -0.2) is 37.4 Å². The highest BCUT2D eigenvalue weighted by Gasteiger charge is 2.12. The van der Waals surface area contributed by atoms with Crippen LogP contribution in [0.25, 0.3) is 33.5 Å². The highest BCUT2D eigenvalue weighted by atomic mass is 16.5. The van der Waals surface area contributed by atoms with E-state index >= 15 is 0 Å². The van der Waals surface area contributed by atoms with E-state index in [4.69, 9.17) is 10.5 Å². The van der Waals surface area contributed by atoms with Crippen molar-refractivity contribution in [2.75, 3.05) is 0 Å². The van der Waals surface area contributed by atoms with Crippen molar-refractivity contribution >= 4 is 16.8 Å². The number of rotatable bonds is 6. The highest BCUT2D eigenvalue weighted by molar-refractivity contribution is 5.95. The Labute approximate surface area is 154 Å². The Hall–Kier alpha value is -3.68. The number of carbonyl (C=O) groups is 1. The zero-order chi connectivity index (χ0) is 18.8. The Balaban J connectivity index is 1.62. The lowest BCUT2D eigenvalue weighted by atomic mass is 10.1. The molecule has 1 atom stereocenters. The van der Waals surface area contributed by atoms with E-state index in [-0.39, 0.29) is 18.4 Å². The molecule has 0 fully saturated rings. The molecule has 1 unspecified atom stereocenters. The maximum Gasteiger partial charge on any atom is 0.221 e. The van der Waals surface area contributed by atoms with E-state index in [9.17, 15) is 4.79 Å². The molecule has 1 amide bonds. The summed E-state index contributed by atoms with van der Waals surface area (Å²) < 4.78 is 5.70. The summed E-state index contributed by atoms with van der Waals surface area (Å²) in [6.45, 7) is 1.81. The predicted molar refractivity (Wildman–Crippen MR) is 101 cm³/mol. The third-order valence-electron chi connectivity index (χ3n) is 4.20. The fourth-order valence-corrected chi connectivity index (χ4v) is 2.97. The van der Waals surface area contributed by atoms with Gasteiger partial charge in [-0.15, -0.1) is 0 Å². The van der Waals surface area contributed by atoms with Gasteiger partial charge in [-0.25, -0.2) is 4.98 Å². The van der Waals surface area contributed by atoms with E-state index in [1.807, 2.05) is 49.4 Å². The summed E-state index contributed by atoms with van der Waals surface area (Å²) in [5.74, 6) is 0.996. The van der Waals surface area contributed by atoms with Crippen molar-refractivity contribution in [2.45, 2.75) is 19.4 Å². The maximum absolute atomic E-state index is 11.0. The molecule has 4 rings (SSSR count). The Bertz CT molecular complexity index is 1070. The van der Waals surface area contributed by atoms with Crippen LogP contribution in [0, 0.1) is 0 Å². The molecule has 2 aromatic heterocycles. The minimum Gasteiger partial charge on any atom is -0.490 e. The molecule has 0 saturated carbocycles. The van der Waals surface area contributed by atoms with Crippen LogP contribution in [0.2, 0.25) is 0 Å². The molecule has 2 aromatic carbocycles. The lowest BCUT2D eigenvalue weighted by Crippen LogP contribution is -2.22. The second-order valence-electron chi connectivity index (χ2n) is 6.29. The van der Waals surface area contributed by atoms with E-state index in [0.717, 1.165) is 27.7 Å². The number of benzene rings is 2. The van der Waals surface area contributed by atoms with Crippen LogP contribution < -0.4 is 10.5 Å². The first kappa shape index (κ1) is 16.8. The number of carbonyl (C=O) groups excluding carboxylic acids is 1. The molecule has 2 heterocycles. The predicted octanol–water partition coefficient (Wildman–Crippen LogP) is 2.66. The zero-order valence-electron chi connectivity index (χ0n) is 14.6. The van der Waals surface area contributed by atoms with Gasteiger partial charge in [-0.05, 0) is 49.4 Å². The third kappa shape index (κ3) is 3.50. The van der Waals surface area contributed by atoms with Crippen LogP contribution in [0.1, 0.15) is 13.3 Å². The van der Waals surface area contributed by atoms with E-state index in [1.165, 1.54) is 6.33 Å². The van der Waals surface area contributed by atoms with Crippen LogP contribution in [0.4, 0.5) is 0 Å². The lowest BCUT2D eigenvalue weighted by molar-refractivity contribution is -0.119. The summed E-state index contributed by atoms with van der Waals surface area (Å²) >= 11 is 0. The van der Waals surface area contributed by atoms with Crippen molar-refractivity contribution < 1.29 is 9.53 Å². The van der Waals surface area contributed by atoms with Gasteiger partial charge < -0.3 is 10.5 Å². The van der Waals surface area contributed by atoms with Gasteiger partial charge in [0.25, 0.3) is 0 Å². The van der Waals surface area contributed by atoms with Crippen molar-refractivity contribution in [1.82, 2.24) is 25.4 Å². The first-order valence-electron chi connectivity index (χ1n) is 8.49. The average Bonchev–Trinajstić information content (AvgIpc) is 3.31. The molecule has 136 valence electrons. The summed E-state index contributed by atoms with van der Waals surface area (Å²) in [6.07, 6.45) is 1.38. The third-order valence-corrected chi connectivity index (χ3v) is 4.20. The smallest absolute Gasteiger partial charge is 0.221 e. The quantitative estimate of drug-likeness (QED) is 0.487. The summed E-state index contributed by atoms with van der Waals surface area (Å²) in [4.78, 5) is 15.2. The summed E-state index contributed by atoms with van der Waals surface area (Å²) in [5, 5.41) is 15.2. The summed E-state index contributed by atoms with van der Waals surface area (Å²) in [7, 11) is 0. The number of H-pyrrole nitrogens is 2. The van der Waals surface area contributed by atoms with Crippen molar-refractivity contribution in [3.63, 3.8) is 0 Å². The minimum atomic E-state index is -0.385. The molecule has 0 saturated heterocycles. The molecule has 0 spiro atoms. The van der Waals surface area contributed by atoms with Crippen LogP contribution in [0.5, 0.6) is 5.75 Å². The van der Waals surface area contributed by atoms with Gasteiger partial charge in [0.05, 0.1) is 17.6 Å². The number of nitrogens with zero attached hydrogens (tertiary/aromatic N) is 3. The molecule has 0 aliphatic heterocycles. The molecule has 0 bridgehead atoms. The molecule has 8 heteroatoms. The van der Waals surface area contributed by atoms with Crippen molar-refractivity contribution in [1.29, 1.82) is 0 Å². The Morgan fingerprint density at radius 3 is 2.63 bits per heavy atom. The van der Waals surface area contributed by atoms with Gasteiger partial charge in [-0.3, -0.25) is 15.0 Å². The Morgan fingerprint density at radius 1 is 1.15 bits per heavy atom. The lowest BCUT2D eigenvalue weighted by Gasteiger charge is -2.13. The second-order valence-corrected chi connectivity index (χ2v) is 6.29. The number of amides is 1. The van der Waals surface area contributed by atoms with Crippen LogP contribution in [-0.2, 0) is 4.79 Å². The summed E-state index contributed by atoms with van der Waals surface area (Å²) in [6, 6.07) is 13.5. The number of fused-ring (bicyclic) bond motifs is 1. The Kier molecular flexibility index (Phi) is 4.29. The number of nitrogens with one attached hydrogen (secondary N) is 2. The number of primary amides is 1. The Morgan fingerprint density at radius 2 is 1.93 bits per heavy atom. The fourth-order valence-electron chi connectivity index (χ4n) is 2.97. The number of ether oxygens (including phenoxy) is 1. The topological polar surface area (TPSA) is 123 Å². The molecular weight excluding hydrogens is 344 g/mol. The second kappa shape index (κ2) is 6.91. The average molecular weight is 362 g/mol. The van der Waals surface area contributed by atoms with Gasteiger partial charge in [-0.2, -0.15) is 10.2 Å². The molecule has 4 aromatic rings. The molecule has 8 nitrogen and oxygen atoms in total. The first-order chi connectivity index (χ1) is 13.1. The molecule has 0 radical (unpaired) electrons. The zero-order valence-corrected chi connectivity index (χ0v) is 14.6. The van der Waals surface area contributed by atoms with Gasteiger partial charge in [0.2, 0.25) is 5.91 Å². The normalized spacial score (nSPS) is 12.2. The number of hydrogen-bond acceptors (Lipinski definition) is 5. The summed E-state index contributed by atoms with van der Waals surface area (Å²) in [5.41, 5.74) is 8.85. The molecule has 4 N–H and O–H groups in total. The van der Waals surface area contributed by atoms with E-state index in [0.29, 0.717) is 11.6 Å². The van der Waals surface area contributed by atoms with Crippen molar-refractivity contribution in [2.24, 2.45) is 5.73 Å². The van der Waals surface area contributed by atoms with Crippen molar-refractivity contribution in [3.8, 4) is 28.4 Å². The monoisotopic (exact) mass is 362 g/mol. The number of aromatic amines is 2. The van der Waals surface area contributed by atoms with Gasteiger partial charge in [0.15, 0.2) is 5.82 Å². The maximum atomic E-state index is 11.0. The molecule has 0 aliphatic rings. The van der Waals surface area contributed by atoms with Gasteiger partial charge in [-0.1, -0.05) is 0 Å². The van der Waals surface area contributed by atoms with E-state index < -0.39 is 0 Å². The van der Waals surface area contributed by atoms with Gasteiger partial charge in [0.1, 0.15) is 18.2 Å². The molecule has 0 aliphatic carbocycles. The van der Waals surface area contributed by atoms with E-state index in [1.54, 1.807) is 0 Å². The number of aromatic nitrogens is 5. The van der Waals surface area contributed by atoms with Crippen LogP contribution >= 0.6 is 0 Å².